The fraction of sp³-hybridized carbons (Fsp3) is 0.471. The monoisotopic (exact) mass is 645 g/mol. The lowest BCUT2D eigenvalue weighted by atomic mass is 9.90. The van der Waals surface area contributed by atoms with Gasteiger partial charge in [-0.2, -0.15) is 0 Å². The molecule has 13 heteroatoms. The Kier molecular flexibility index (Phi) is 7.37. The zero-order chi connectivity index (χ0) is 32.3. The number of morpholine rings is 1. The number of hydrogen-bond acceptors (Lipinski definition) is 10. The van der Waals surface area contributed by atoms with Crippen molar-refractivity contribution in [2.45, 2.75) is 62.8 Å². The number of anilines is 2. The van der Waals surface area contributed by atoms with E-state index in [2.05, 4.69) is 33.6 Å². The molecule has 1 aliphatic carbocycles. The Hall–Kier alpha value is -4.54. The number of carbonyl (C=O) groups is 1. The molecule has 3 saturated heterocycles. The van der Waals surface area contributed by atoms with Crippen molar-refractivity contribution in [1.29, 1.82) is 0 Å². The Bertz CT molecular complexity index is 1920. The van der Waals surface area contributed by atoms with Gasteiger partial charge >= 0.3 is 5.97 Å². The minimum atomic E-state index is -2.97. The average molecular weight is 646 g/mol. The van der Waals surface area contributed by atoms with Gasteiger partial charge < -0.3 is 33.5 Å². The lowest BCUT2D eigenvalue weighted by molar-refractivity contribution is -0.228. The summed E-state index contributed by atoms with van der Waals surface area (Å²) in [6.45, 7) is 4.20. The lowest BCUT2D eigenvalue weighted by Crippen LogP contribution is -2.68. The Morgan fingerprint density at radius 1 is 1.21 bits per heavy atom. The van der Waals surface area contributed by atoms with Gasteiger partial charge in [0, 0.05) is 36.5 Å². The van der Waals surface area contributed by atoms with Crippen molar-refractivity contribution in [2.75, 3.05) is 42.7 Å². The normalized spacial score (nSPS) is 23.7. The van der Waals surface area contributed by atoms with Crippen molar-refractivity contribution in [3.8, 4) is 17.7 Å². The number of nitrogens with zero attached hydrogens (tertiary/aromatic N) is 5. The molecule has 4 aromatic rings. The molecular weight excluding hydrogens is 612 g/mol. The largest absolute Gasteiger partial charge is 0.480 e. The Labute approximate surface area is 268 Å². The summed E-state index contributed by atoms with van der Waals surface area (Å²) in [6, 6.07) is 7.73. The van der Waals surface area contributed by atoms with Crippen LogP contribution in [0.15, 0.2) is 40.9 Å². The summed E-state index contributed by atoms with van der Waals surface area (Å²) in [7, 11) is 0. The summed E-state index contributed by atoms with van der Waals surface area (Å²) in [5, 5.41) is 10.8. The summed E-state index contributed by atoms with van der Waals surface area (Å²) in [6.07, 6.45) is 1.40. The smallest absolute Gasteiger partial charge is 0.326 e. The second kappa shape index (κ2) is 11.6. The van der Waals surface area contributed by atoms with Crippen LogP contribution in [0.2, 0.25) is 0 Å². The van der Waals surface area contributed by atoms with E-state index < -0.39 is 36.0 Å². The third kappa shape index (κ3) is 5.39. The summed E-state index contributed by atoms with van der Waals surface area (Å²) < 4.78 is 52.3. The molecule has 0 radical (unpaired) electrons. The number of carboxylic acid groups (broad SMARTS) is 1. The van der Waals surface area contributed by atoms with Gasteiger partial charge in [0.05, 0.1) is 32.4 Å². The number of rotatable bonds is 7. The molecule has 3 aliphatic heterocycles. The van der Waals surface area contributed by atoms with Crippen molar-refractivity contribution in [2.24, 2.45) is 5.92 Å². The van der Waals surface area contributed by atoms with Gasteiger partial charge in [0.1, 0.15) is 34.5 Å². The summed E-state index contributed by atoms with van der Waals surface area (Å²) >= 11 is 0. The number of aromatic nitrogens is 3. The number of benzene rings is 1. The maximum atomic E-state index is 14.0. The van der Waals surface area contributed by atoms with Crippen molar-refractivity contribution in [3.05, 3.63) is 47.9 Å². The number of carboxylic acids is 1. The van der Waals surface area contributed by atoms with Crippen LogP contribution >= 0.6 is 0 Å². The molecule has 0 amide bonds. The number of furan rings is 1. The van der Waals surface area contributed by atoms with Crippen LogP contribution in [0, 0.1) is 17.8 Å². The topological polar surface area (TPSA) is 123 Å². The van der Waals surface area contributed by atoms with Crippen molar-refractivity contribution in [3.63, 3.8) is 0 Å². The number of pyridine rings is 1. The van der Waals surface area contributed by atoms with Crippen LogP contribution in [0.3, 0.4) is 0 Å². The second-order valence-corrected chi connectivity index (χ2v) is 12.7. The third-order valence-corrected chi connectivity index (χ3v) is 9.62. The maximum Gasteiger partial charge on any atom is 0.326 e. The fourth-order valence-corrected chi connectivity index (χ4v) is 6.72. The summed E-state index contributed by atoms with van der Waals surface area (Å²) in [5.74, 6) is 5.68. The Morgan fingerprint density at radius 2 is 2.04 bits per heavy atom. The number of halogens is 2. The first kappa shape index (κ1) is 29.8. The number of ether oxygens (including phenoxy) is 3. The molecule has 8 rings (SSSR count). The zero-order valence-electron chi connectivity index (χ0n) is 25.7. The highest BCUT2D eigenvalue weighted by Gasteiger charge is 2.50. The highest BCUT2D eigenvalue weighted by molar-refractivity contribution is 6.06. The molecule has 244 valence electrons. The van der Waals surface area contributed by atoms with Gasteiger partial charge in [-0.3, -0.25) is 0 Å². The van der Waals surface area contributed by atoms with E-state index in [1.54, 1.807) is 30.5 Å². The minimum absolute atomic E-state index is 0.0109. The van der Waals surface area contributed by atoms with E-state index in [1.165, 1.54) is 17.7 Å². The second-order valence-electron chi connectivity index (χ2n) is 12.7. The van der Waals surface area contributed by atoms with Gasteiger partial charge in [-0.1, -0.05) is 24.0 Å². The molecule has 1 spiro atoms. The van der Waals surface area contributed by atoms with E-state index in [-0.39, 0.29) is 35.9 Å². The van der Waals surface area contributed by atoms with E-state index in [0.717, 1.165) is 17.7 Å². The molecule has 1 aromatic carbocycles. The van der Waals surface area contributed by atoms with Gasteiger partial charge in [0.25, 0.3) is 6.43 Å². The molecule has 4 aliphatic rings. The van der Waals surface area contributed by atoms with Gasteiger partial charge in [-0.25, -0.2) is 28.5 Å². The number of hydrogen-bond donors (Lipinski definition) is 1. The Morgan fingerprint density at radius 3 is 2.79 bits per heavy atom. The van der Waals surface area contributed by atoms with Crippen LogP contribution < -0.4 is 14.5 Å². The van der Waals surface area contributed by atoms with Crippen LogP contribution in [0.4, 0.5) is 20.3 Å². The van der Waals surface area contributed by atoms with E-state index >= 15 is 0 Å². The highest BCUT2D eigenvalue weighted by Crippen LogP contribution is 2.41. The molecule has 11 nitrogen and oxygen atoms in total. The van der Waals surface area contributed by atoms with Gasteiger partial charge in [0.15, 0.2) is 17.2 Å². The number of fused-ring (bicyclic) bond motifs is 3. The van der Waals surface area contributed by atoms with Gasteiger partial charge in [0.2, 0.25) is 5.88 Å². The first-order valence-corrected chi connectivity index (χ1v) is 15.9. The predicted octanol–water partition coefficient (Wildman–Crippen LogP) is 4.97. The van der Waals surface area contributed by atoms with E-state index in [0.29, 0.717) is 49.1 Å². The molecule has 6 heterocycles. The minimum Gasteiger partial charge on any atom is -0.480 e. The standard InChI is InChI=1S/C34H33F2N5O6/c1-19-34(17-44-18-34)45-12-11-40(19)24-13-21(6-4-5-20-9-10-20)15-37-32(24)46-22-14-25(33(42)43)41(16-22)31-28-27(38-30(39-31)29(35)36)23-7-2-3-8-26(23)47-28/h2-3,7-8,13,15,19-20,22,25,29H,5,9-12,14,16-18H2,1H3,(H,42,43)/t19-,22-,25-/m0/s1. The molecule has 0 bridgehead atoms. The number of alkyl halides is 2. The molecule has 3 atom stereocenters. The van der Waals surface area contributed by atoms with Crippen LogP contribution in [0.25, 0.3) is 22.1 Å². The van der Waals surface area contributed by atoms with Crippen molar-refractivity contribution >= 4 is 39.5 Å². The number of aliphatic carboxylic acids is 1. The molecule has 3 aromatic heterocycles. The highest BCUT2D eigenvalue weighted by atomic mass is 19.3. The van der Waals surface area contributed by atoms with Crippen molar-refractivity contribution in [1.82, 2.24) is 15.0 Å². The van der Waals surface area contributed by atoms with Gasteiger partial charge in [-0.05, 0) is 43.9 Å². The van der Waals surface area contributed by atoms with Gasteiger partial charge in [-0.15, -0.1) is 0 Å². The van der Waals surface area contributed by atoms with Crippen molar-refractivity contribution < 1.29 is 37.3 Å². The first-order valence-electron chi connectivity index (χ1n) is 15.9. The maximum absolute atomic E-state index is 14.0. The summed E-state index contributed by atoms with van der Waals surface area (Å²) in [4.78, 5) is 29.1. The summed E-state index contributed by atoms with van der Waals surface area (Å²) in [5.41, 5.74) is 1.84. The van der Waals surface area contributed by atoms with E-state index in [4.69, 9.17) is 23.6 Å². The predicted molar refractivity (Wildman–Crippen MR) is 167 cm³/mol. The van der Waals surface area contributed by atoms with E-state index in [1.807, 2.05) is 6.07 Å². The molecule has 4 fully saturated rings. The van der Waals surface area contributed by atoms with Crippen LogP contribution in [0.1, 0.15) is 50.4 Å². The molecule has 0 unspecified atom stereocenters. The van der Waals surface area contributed by atoms with Crippen LogP contribution in [-0.4, -0.2) is 82.7 Å². The molecule has 1 saturated carbocycles. The van der Waals surface area contributed by atoms with Crippen LogP contribution in [0.5, 0.6) is 5.88 Å². The lowest BCUT2D eigenvalue weighted by Gasteiger charge is -2.53. The number of para-hydroxylation sites is 1. The quantitative estimate of drug-likeness (QED) is 0.274. The SMILES string of the molecule is C[C@@H]1N(c2cc(C#CCC3CC3)cnc2O[C@H]2C[C@@H](C(=O)O)N(c3nc(C(F)F)nc4c3oc3ccccc34)C2)CCOC12COC2. The van der Waals surface area contributed by atoms with Crippen LogP contribution in [-0.2, 0) is 14.3 Å². The third-order valence-electron chi connectivity index (χ3n) is 9.62. The molecular formula is C34H33F2N5O6. The molecule has 47 heavy (non-hydrogen) atoms. The van der Waals surface area contributed by atoms with E-state index in [9.17, 15) is 18.7 Å². The Balaban J connectivity index is 1.14. The molecule has 1 N–H and O–H groups in total. The fourth-order valence-electron chi connectivity index (χ4n) is 6.72. The average Bonchev–Trinajstić information content (AvgIpc) is 3.65. The zero-order valence-corrected chi connectivity index (χ0v) is 25.7. The first-order chi connectivity index (χ1) is 22.8.